The molecule has 0 saturated carbocycles. The average molecular weight is 289 g/mol. The normalized spacial score (nSPS) is 11.8. The van der Waals surface area contributed by atoms with E-state index in [-0.39, 0.29) is 17.3 Å². The van der Waals surface area contributed by atoms with E-state index in [2.05, 4.69) is 10.2 Å². The molecular weight excluding hydrogens is 278 g/mol. The van der Waals surface area contributed by atoms with Crippen molar-refractivity contribution >= 4 is 0 Å². The van der Waals surface area contributed by atoms with Crippen molar-refractivity contribution in [1.82, 2.24) is 10.2 Å². The van der Waals surface area contributed by atoms with E-state index in [0.717, 1.165) is 12.1 Å². The van der Waals surface area contributed by atoms with Gasteiger partial charge in [0.2, 0.25) is 5.89 Å². The Bertz CT molecular complexity index is 595. The van der Waals surface area contributed by atoms with Crippen LogP contribution in [-0.2, 0) is 12.6 Å². The minimum absolute atomic E-state index is 0.210. The molecule has 2 N–H and O–H groups in total. The minimum atomic E-state index is -4.78. The molecule has 0 saturated heterocycles. The highest BCUT2D eigenvalue weighted by molar-refractivity contribution is 5.55. The second kappa shape index (κ2) is 5.58. The van der Waals surface area contributed by atoms with Crippen molar-refractivity contribution in [2.75, 3.05) is 6.54 Å². The highest BCUT2D eigenvalue weighted by Crippen LogP contribution is 2.35. The number of rotatable bonds is 4. The summed E-state index contributed by atoms with van der Waals surface area (Å²) < 4.78 is 56.8. The van der Waals surface area contributed by atoms with Gasteiger partial charge < -0.3 is 10.2 Å². The van der Waals surface area contributed by atoms with Gasteiger partial charge in [-0.1, -0.05) is 6.07 Å². The predicted molar refractivity (Wildman–Crippen MR) is 62.1 cm³/mol. The van der Waals surface area contributed by atoms with Gasteiger partial charge in [0.15, 0.2) is 0 Å². The number of alkyl halides is 3. The molecule has 2 aromatic rings. The monoisotopic (exact) mass is 289 g/mol. The van der Waals surface area contributed by atoms with E-state index in [9.17, 15) is 17.6 Å². The molecule has 0 aliphatic heterocycles. The number of hydrogen-bond donors (Lipinski definition) is 1. The SMILES string of the molecule is NCCCc1nnc(-c2cccc(C(F)(F)F)c2F)o1. The van der Waals surface area contributed by atoms with Crippen molar-refractivity contribution in [3.8, 4) is 11.5 Å². The van der Waals surface area contributed by atoms with Gasteiger partial charge in [-0.3, -0.25) is 0 Å². The highest BCUT2D eigenvalue weighted by Gasteiger charge is 2.35. The van der Waals surface area contributed by atoms with Crippen LogP contribution in [0.3, 0.4) is 0 Å². The standard InChI is InChI=1S/C12H11F4N3O/c13-10-7(3-1-4-8(10)12(14,15)16)11-19-18-9(20-11)5-2-6-17/h1,3-4H,2,5-6,17H2. The van der Waals surface area contributed by atoms with Crippen LogP contribution in [0.2, 0.25) is 0 Å². The van der Waals surface area contributed by atoms with Gasteiger partial charge in [0, 0.05) is 6.42 Å². The van der Waals surface area contributed by atoms with Crippen LogP contribution in [0.1, 0.15) is 17.9 Å². The molecule has 108 valence electrons. The number of benzene rings is 1. The quantitative estimate of drug-likeness (QED) is 0.879. The van der Waals surface area contributed by atoms with E-state index < -0.39 is 17.6 Å². The largest absolute Gasteiger partial charge is 0.421 e. The fraction of sp³-hybridized carbons (Fsp3) is 0.333. The highest BCUT2D eigenvalue weighted by atomic mass is 19.4. The molecule has 0 aliphatic carbocycles. The molecule has 0 radical (unpaired) electrons. The zero-order chi connectivity index (χ0) is 14.8. The van der Waals surface area contributed by atoms with Gasteiger partial charge in [-0.25, -0.2) is 4.39 Å². The predicted octanol–water partition coefficient (Wildman–Crippen LogP) is 2.79. The smallest absolute Gasteiger partial charge is 0.419 e. The first-order valence-corrected chi connectivity index (χ1v) is 5.82. The Morgan fingerprint density at radius 3 is 2.60 bits per heavy atom. The van der Waals surface area contributed by atoms with Crippen LogP contribution in [0.4, 0.5) is 17.6 Å². The van der Waals surface area contributed by atoms with Gasteiger partial charge in [0.05, 0.1) is 11.1 Å². The van der Waals surface area contributed by atoms with Crippen LogP contribution in [-0.4, -0.2) is 16.7 Å². The van der Waals surface area contributed by atoms with Gasteiger partial charge in [-0.05, 0) is 25.1 Å². The summed E-state index contributed by atoms with van der Waals surface area (Å²) in [5.74, 6) is -1.49. The number of aromatic nitrogens is 2. The topological polar surface area (TPSA) is 64.9 Å². The molecule has 1 aromatic heterocycles. The molecule has 4 nitrogen and oxygen atoms in total. The molecule has 8 heteroatoms. The molecule has 0 bridgehead atoms. The fourth-order valence-electron chi connectivity index (χ4n) is 1.63. The lowest BCUT2D eigenvalue weighted by molar-refractivity contribution is -0.139. The second-order valence-electron chi connectivity index (χ2n) is 4.06. The molecule has 1 aromatic carbocycles. The number of halogens is 4. The van der Waals surface area contributed by atoms with Gasteiger partial charge in [0.25, 0.3) is 5.89 Å². The first-order valence-electron chi connectivity index (χ1n) is 5.82. The lowest BCUT2D eigenvalue weighted by atomic mass is 10.1. The Hall–Kier alpha value is -1.96. The Kier molecular flexibility index (Phi) is 4.03. The van der Waals surface area contributed by atoms with Crippen LogP contribution in [0.15, 0.2) is 22.6 Å². The third-order valence-corrected chi connectivity index (χ3v) is 2.60. The van der Waals surface area contributed by atoms with Crippen LogP contribution < -0.4 is 5.73 Å². The average Bonchev–Trinajstić information content (AvgIpc) is 2.83. The van der Waals surface area contributed by atoms with E-state index in [1.165, 1.54) is 0 Å². The third-order valence-electron chi connectivity index (χ3n) is 2.60. The maximum absolute atomic E-state index is 13.8. The van der Waals surface area contributed by atoms with Crippen molar-refractivity contribution in [1.29, 1.82) is 0 Å². The Balaban J connectivity index is 2.36. The molecule has 2 rings (SSSR count). The Labute approximate surface area is 111 Å². The number of nitrogens with zero attached hydrogens (tertiary/aromatic N) is 2. The Morgan fingerprint density at radius 2 is 1.95 bits per heavy atom. The molecule has 20 heavy (non-hydrogen) atoms. The van der Waals surface area contributed by atoms with Gasteiger partial charge in [-0.2, -0.15) is 13.2 Å². The van der Waals surface area contributed by atoms with Crippen LogP contribution >= 0.6 is 0 Å². The first-order chi connectivity index (χ1) is 9.43. The van der Waals surface area contributed by atoms with Crippen LogP contribution in [0.5, 0.6) is 0 Å². The number of nitrogens with two attached hydrogens (primary N) is 1. The van der Waals surface area contributed by atoms with E-state index >= 15 is 0 Å². The van der Waals surface area contributed by atoms with E-state index in [4.69, 9.17) is 10.2 Å². The van der Waals surface area contributed by atoms with Crippen molar-refractivity contribution < 1.29 is 22.0 Å². The number of hydrogen-bond acceptors (Lipinski definition) is 4. The lowest BCUT2D eigenvalue weighted by Crippen LogP contribution is -2.08. The van der Waals surface area contributed by atoms with Crippen molar-refractivity contribution in [3.05, 3.63) is 35.5 Å². The molecule has 0 amide bonds. The zero-order valence-corrected chi connectivity index (χ0v) is 10.2. The van der Waals surface area contributed by atoms with Gasteiger partial charge in [0.1, 0.15) is 5.82 Å². The van der Waals surface area contributed by atoms with E-state index in [0.29, 0.717) is 25.5 Å². The summed E-state index contributed by atoms with van der Waals surface area (Å²) in [4.78, 5) is 0. The second-order valence-corrected chi connectivity index (χ2v) is 4.06. The molecule has 1 heterocycles. The summed E-state index contributed by atoms with van der Waals surface area (Å²) in [7, 11) is 0. The summed E-state index contributed by atoms with van der Waals surface area (Å²) in [6.07, 6.45) is -3.79. The summed E-state index contributed by atoms with van der Waals surface area (Å²) in [5.41, 5.74) is 3.58. The molecule has 0 spiro atoms. The molecule has 0 fully saturated rings. The maximum Gasteiger partial charge on any atom is 0.419 e. The fourth-order valence-corrected chi connectivity index (χ4v) is 1.63. The summed E-state index contributed by atoms with van der Waals surface area (Å²) >= 11 is 0. The maximum atomic E-state index is 13.8. The summed E-state index contributed by atoms with van der Waals surface area (Å²) in [6.45, 7) is 0.412. The van der Waals surface area contributed by atoms with Crippen molar-refractivity contribution in [2.45, 2.75) is 19.0 Å². The lowest BCUT2D eigenvalue weighted by Gasteiger charge is -2.09. The van der Waals surface area contributed by atoms with Gasteiger partial charge in [-0.15, -0.1) is 10.2 Å². The molecule has 0 unspecified atom stereocenters. The zero-order valence-electron chi connectivity index (χ0n) is 10.2. The van der Waals surface area contributed by atoms with E-state index in [1.807, 2.05) is 0 Å². The van der Waals surface area contributed by atoms with Crippen LogP contribution in [0, 0.1) is 5.82 Å². The van der Waals surface area contributed by atoms with E-state index in [1.54, 1.807) is 0 Å². The van der Waals surface area contributed by atoms with Crippen molar-refractivity contribution in [3.63, 3.8) is 0 Å². The first kappa shape index (κ1) is 14.4. The van der Waals surface area contributed by atoms with Gasteiger partial charge >= 0.3 is 6.18 Å². The Morgan fingerprint density at radius 1 is 1.20 bits per heavy atom. The number of aryl methyl sites for hydroxylation is 1. The van der Waals surface area contributed by atoms with Crippen molar-refractivity contribution in [2.24, 2.45) is 5.73 Å². The summed E-state index contributed by atoms with van der Waals surface area (Å²) in [6, 6.07) is 2.90. The summed E-state index contributed by atoms with van der Waals surface area (Å²) in [5, 5.41) is 7.20. The molecule has 0 aliphatic rings. The molecular formula is C12H11F4N3O. The van der Waals surface area contributed by atoms with Crippen LogP contribution in [0.25, 0.3) is 11.5 Å². The molecule has 0 atom stereocenters. The minimum Gasteiger partial charge on any atom is -0.421 e. The third kappa shape index (κ3) is 2.96.